The molecule has 0 spiro atoms. The van der Waals surface area contributed by atoms with E-state index in [1.165, 1.54) is 23.1 Å². The lowest BCUT2D eigenvalue weighted by molar-refractivity contribution is -0.138. The van der Waals surface area contributed by atoms with Gasteiger partial charge in [0.15, 0.2) is 4.34 Å². The van der Waals surface area contributed by atoms with Crippen LogP contribution in [0.3, 0.4) is 0 Å². The van der Waals surface area contributed by atoms with Gasteiger partial charge in [-0.2, -0.15) is 0 Å². The fourth-order valence-corrected chi connectivity index (χ4v) is 4.75. The quantitative estimate of drug-likeness (QED) is 0.462. The van der Waals surface area contributed by atoms with Gasteiger partial charge in [0, 0.05) is 16.1 Å². The lowest BCUT2D eigenvalue weighted by Gasteiger charge is -2.15. The molecule has 3 aromatic rings. The van der Waals surface area contributed by atoms with Crippen LogP contribution in [-0.2, 0) is 16.0 Å². The number of thioether (sulfide) groups is 1. The third-order valence-electron chi connectivity index (χ3n) is 4.08. The molecule has 5 nitrogen and oxygen atoms in total. The lowest BCUT2D eigenvalue weighted by Crippen LogP contribution is -2.26. The van der Waals surface area contributed by atoms with Crippen molar-refractivity contribution in [1.82, 2.24) is 4.98 Å². The number of carbonyl (C=O) groups is 2. The Morgan fingerprint density at radius 2 is 1.69 bits per heavy atom. The van der Waals surface area contributed by atoms with Gasteiger partial charge in [-0.25, -0.2) is 4.98 Å². The first kappa shape index (κ1) is 21.4. The van der Waals surface area contributed by atoms with Gasteiger partial charge >= 0.3 is 5.97 Å². The molecule has 0 aliphatic heterocycles. The number of anilines is 1. The van der Waals surface area contributed by atoms with Crippen molar-refractivity contribution in [1.29, 1.82) is 0 Å². The number of carboxylic acid groups (broad SMARTS) is 1. The van der Waals surface area contributed by atoms with E-state index in [0.29, 0.717) is 20.7 Å². The minimum Gasteiger partial charge on any atom is -0.480 e. The summed E-state index contributed by atoms with van der Waals surface area (Å²) in [4.78, 5) is 27.9. The van der Waals surface area contributed by atoms with Crippen LogP contribution in [0.4, 0.5) is 5.69 Å². The molecule has 0 fully saturated rings. The number of carbonyl (C=O) groups excluding carboxylic acids is 1. The van der Waals surface area contributed by atoms with E-state index in [2.05, 4.69) is 10.3 Å². The maximum atomic E-state index is 12.3. The van der Waals surface area contributed by atoms with Crippen molar-refractivity contribution < 1.29 is 14.7 Å². The normalized spacial score (nSPS) is 11.3. The van der Waals surface area contributed by atoms with Gasteiger partial charge in [-0.05, 0) is 49.2 Å². The summed E-state index contributed by atoms with van der Waals surface area (Å²) >= 11 is 8.43. The van der Waals surface area contributed by atoms with Gasteiger partial charge < -0.3 is 10.4 Å². The van der Waals surface area contributed by atoms with Crippen LogP contribution < -0.4 is 5.32 Å². The molecule has 0 bridgehead atoms. The largest absolute Gasteiger partial charge is 0.480 e. The number of carboxylic acids is 1. The molecule has 1 aromatic heterocycles. The molecule has 1 amide bonds. The van der Waals surface area contributed by atoms with Crippen LogP contribution in [-0.4, -0.2) is 26.7 Å². The number of rotatable bonds is 7. The predicted molar refractivity (Wildman–Crippen MR) is 119 cm³/mol. The molecule has 2 N–H and O–H groups in total. The van der Waals surface area contributed by atoms with E-state index < -0.39 is 10.7 Å². The van der Waals surface area contributed by atoms with Crippen LogP contribution in [0.2, 0.25) is 5.02 Å². The lowest BCUT2D eigenvalue weighted by atomic mass is 10.1. The van der Waals surface area contributed by atoms with E-state index >= 15 is 0 Å². The van der Waals surface area contributed by atoms with Crippen molar-refractivity contribution in [2.24, 2.45) is 0 Å². The van der Waals surface area contributed by atoms with E-state index in [1.54, 1.807) is 19.2 Å². The molecule has 0 saturated carbocycles. The highest BCUT2D eigenvalue weighted by atomic mass is 35.5. The standard InChI is InChI=1S/C21H19ClN2O3S2/c1-21(2,19(26)27)29-20-24-17(12-28-20)11-18(25)23-16-9-5-14(6-10-16)13-3-7-15(22)8-4-13/h3-10,12H,11H2,1-2H3,(H,23,25)(H,26,27). The highest BCUT2D eigenvalue weighted by Gasteiger charge is 2.29. The number of amides is 1. The Bertz CT molecular complexity index is 1020. The molecule has 0 atom stereocenters. The fraction of sp³-hybridized carbons (Fsp3) is 0.190. The predicted octanol–water partition coefficient (Wildman–Crippen LogP) is 5.60. The number of aromatic nitrogens is 1. The second-order valence-corrected chi connectivity index (χ2v) is 10.00. The Morgan fingerprint density at radius 3 is 2.28 bits per heavy atom. The van der Waals surface area contributed by atoms with Crippen LogP contribution in [0.25, 0.3) is 11.1 Å². The molecule has 1 heterocycles. The Labute approximate surface area is 182 Å². The number of hydrogen-bond donors (Lipinski definition) is 2. The second kappa shape index (κ2) is 8.98. The average Bonchev–Trinajstić information content (AvgIpc) is 3.09. The van der Waals surface area contributed by atoms with E-state index in [0.717, 1.165) is 11.1 Å². The third kappa shape index (κ3) is 5.82. The summed E-state index contributed by atoms with van der Waals surface area (Å²) in [6, 6.07) is 15.1. The number of nitrogens with zero attached hydrogens (tertiary/aromatic N) is 1. The molecule has 2 aromatic carbocycles. The van der Waals surface area contributed by atoms with Crippen molar-refractivity contribution in [2.45, 2.75) is 29.4 Å². The average molecular weight is 447 g/mol. The number of nitrogens with one attached hydrogen (secondary N) is 1. The van der Waals surface area contributed by atoms with Crippen LogP contribution in [0.15, 0.2) is 58.3 Å². The molecule has 0 saturated heterocycles. The first-order chi connectivity index (χ1) is 13.7. The van der Waals surface area contributed by atoms with Gasteiger partial charge in [-0.3, -0.25) is 9.59 Å². The van der Waals surface area contributed by atoms with Crippen LogP contribution >= 0.6 is 34.7 Å². The summed E-state index contributed by atoms with van der Waals surface area (Å²) in [5.41, 5.74) is 3.39. The molecule has 0 aliphatic carbocycles. The number of hydrogen-bond acceptors (Lipinski definition) is 5. The Balaban J connectivity index is 1.58. The molecular formula is C21H19ClN2O3S2. The number of thiazole rings is 1. The smallest absolute Gasteiger partial charge is 0.319 e. The summed E-state index contributed by atoms with van der Waals surface area (Å²) in [7, 11) is 0. The minimum atomic E-state index is -0.969. The molecular weight excluding hydrogens is 428 g/mol. The van der Waals surface area contributed by atoms with Crippen molar-refractivity contribution in [2.75, 3.05) is 5.32 Å². The zero-order chi connectivity index (χ0) is 21.0. The van der Waals surface area contributed by atoms with Gasteiger partial charge in [0.1, 0.15) is 4.75 Å². The van der Waals surface area contributed by atoms with Gasteiger partial charge in [-0.1, -0.05) is 47.6 Å². The maximum absolute atomic E-state index is 12.3. The monoisotopic (exact) mass is 446 g/mol. The molecule has 0 unspecified atom stereocenters. The topological polar surface area (TPSA) is 79.3 Å². The number of halogens is 1. The summed E-state index contributed by atoms with van der Waals surface area (Å²) in [6.45, 7) is 3.25. The zero-order valence-corrected chi connectivity index (χ0v) is 18.2. The summed E-state index contributed by atoms with van der Waals surface area (Å²) < 4.78 is -0.337. The van der Waals surface area contributed by atoms with Crippen LogP contribution in [0, 0.1) is 0 Å². The van der Waals surface area contributed by atoms with Crippen molar-refractivity contribution in [3.8, 4) is 11.1 Å². The molecule has 29 heavy (non-hydrogen) atoms. The molecule has 150 valence electrons. The minimum absolute atomic E-state index is 0.128. The van der Waals surface area contributed by atoms with Crippen molar-refractivity contribution >= 4 is 52.3 Å². The molecule has 8 heteroatoms. The maximum Gasteiger partial charge on any atom is 0.319 e. The highest BCUT2D eigenvalue weighted by molar-refractivity contribution is 8.03. The Kier molecular flexibility index (Phi) is 6.62. The molecule has 0 radical (unpaired) electrons. The van der Waals surface area contributed by atoms with Crippen molar-refractivity contribution in [3.63, 3.8) is 0 Å². The SMILES string of the molecule is CC(C)(Sc1nc(CC(=O)Nc2ccc(-c3ccc(Cl)cc3)cc2)cs1)C(=O)O. The Hall–Kier alpha value is -2.35. The van der Waals surface area contributed by atoms with Gasteiger partial charge in [0.2, 0.25) is 5.91 Å². The van der Waals surface area contributed by atoms with Gasteiger partial charge in [0.05, 0.1) is 12.1 Å². The van der Waals surface area contributed by atoms with E-state index in [4.69, 9.17) is 11.6 Å². The third-order valence-corrected chi connectivity index (χ3v) is 6.50. The van der Waals surface area contributed by atoms with E-state index in [-0.39, 0.29) is 12.3 Å². The van der Waals surface area contributed by atoms with E-state index in [9.17, 15) is 14.7 Å². The fourth-order valence-electron chi connectivity index (χ4n) is 2.44. The summed E-state index contributed by atoms with van der Waals surface area (Å²) in [5, 5.41) is 14.5. The van der Waals surface area contributed by atoms with Gasteiger partial charge in [-0.15, -0.1) is 11.3 Å². The van der Waals surface area contributed by atoms with Crippen LogP contribution in [0.1, 0.15) is 19.5 Å². The first-order valence-corrected chi connectivity index (χ1v) is 10.8. The highest BCUT2D eigenvalue weighted by Crippen LogP contribution is 2.34. The van der Waals surface area contributed by atoms with Crippen molar-refractivity contribution in [3.05, 3.63) is 64.6 Å². The number of benzene rings is 2. The summed E-state index contributed by atoms with van der Waals surface area (Å²) in [5.74, 6) is -1.08. The second-order valence-electron chi connectivity index (χ2n) is 6.83. The van der Waals surface area contributed by atoms with Gasteiger partial charge in [0.25, 0.3) is 0 Å². The van der Waals surface area contributed by atoms with Crippen LogP contribution in [0.5, 0.6) is 0 Å². The van der Waals surface area contributed by atoms with E-state index in [1.807, 2.05) is 48.5 Å². The molecule has 0 aliphatic rings. The zero-order valence-electron chi connectivity index (χ0n) is 15.8. The molecule has 3 rings (SSSR count). The summed E-state index contributed by atoms with van der Waals surface area (Å²) in [6.07, 6.45) is 0.128. The Morgan fingerprint density at radius 1 is 1.10 bits per heavy atom. The first-order valence-electron chi connectivity index (χ1n) is 8.75. The number of aliphatic carboxylic acids is 1.